The highest BCUT2D eigenvalue weighted by molar-refractivity contribution is 5.88. The van der Waals surface area contributed by atoms with Crippen LogP contribution in [0.4, 0.5) is 11.8 Å². The standard InChI is InChI=1S/C21H29N7O2/c1-4-5-14(2)25-19-18-17(26-21(22)27-19)12-24-28(20(18)29)13-15-6-8-16(9-7-15)30-11-10-23-3/h6-9,12,14,23H,4-5,10-11,13H2,1-3H3,(H3,22,25,26,27)/t14-/m1/s1. The summed E-state index contributed by atoms with van der Waals surface area (Å²) < 4.78 is 7.04. The van der Waals surface area contributed by atoms with Gasteiger partial charge in [0.05, 0.1) is 12.7 Å². The maximum absolute atomic E-state index is 13.2. The normalized spacial score (nSPS) is 12.1. The molecular weight excluding hydrogens is 382 g/mol. The zero-order valence-electron chi connectivity index (χ0n) is 17.7. The Kier molecular flexibility index (Phi) is 7.18. The number of hydrogen-bond donors (Lipinski definition) is 3. The lowest BCUT2D eigenvalue weighted by molar-refractivity contribution is 0.318. The van der Waals surface area contributed by atoms with E-state index in [0.717, 1.165) is 30.7 Å². The summed E-state index contributed by atoms with van der Waals surface area (Å²) in [7, 11) is 1.88. The van der Waals surface area contributed by atoms with Crippen LogP contribution in [-0.4, -0.2) is 46.0 Å². The molecule has 1 aromatic carbocycles. The molecule has 1 atom stereocenters. The molecule has 0 aliphatic heterocycles. The SMILES string of the molecule is CCC[C@@H](C)Nc1nc(N)nc2cnn(Cc3ccc(OCCNC)cc3)c(=O)c12. The summed E-state index contributed by atoms with van der Waals surface area (Å²) in [4.78, 5) is 21.6. The van der Waals surface area contributed by atoms with Crippen LogP contribution < -0.4 is 26.7 Å². The smallest absolute Gasteiger partial charge is 0.280 e. The summed E-state index contributed by atoms with van der Waals surface area (Å²) in [5, 5.41) is 11.0. The number of fused-ring (bicyclic) bond motifs is 1. The van der Waals surface area contributed by atoms with Gasteiger partial charge in [0.2, 0.25) is 5.95 Å². The van der Waals surface area contributed by atoms with Crippen LogP contribution in [0.15, 0.2) is 35.3 Å². The number of rotatable bonds is 10. The predicted molar refractivity (Wildman–Crippen MR) is 119 cm³/mol. The first-order valence-corrected chi connectivity index (χ1v) is 10.2. The number of anilines is 2. The second kappa shape index (κ2) is 10.0. The minimum absolute atomic E-state index is 0.113. The van der Waals surface area contributed by atoms with E-state index in [-0.39, 0.29) is 17.5 Å². The van der Waals surface area contributed by atoms with Crippen LogP contribution in [0.1, 0.15) is 32.3 Å². The van der Waals surface area contributed by atoms with Crippen molar-refractivity contribution in [2.24, 2.45) is 0 Å². The third kappa shape index (κ3) is 5.24. The molecule has 0 amide bonds. The summed E-state index contributed by atoms with van der Waals surface area (Å²) in [6.07, 6.45) is 3.53. The number of nitrogens with two attached hydrogens (primary N) is 1. The Morgan fingerprint density at radius 1 is 1.23 bits per heavy atom. The first kappa shape index (κ1) is 21.5. The number of hydrogen-bond acceptors (Lipinski definition) is 8. The third-order valence-corrected chi connectivity index (χ3v) is 4.70. The number of nitrogen functional groups attached to an aromatic ring is 1. The van der Waals surface area contributed by atoms with Crippen LogP contribution in [0.3, 0.4) is 0 Å². The fraction of sp³-hybridized carbons (Fsp3) is 0.429. The molecule has 0 aliphatic carbocycles. The molecule has 3 rings (SSSR count). The zero-order valence-corrected chi connectivity index (χ0v) is 17.7. The Labute approximate surface area is 175 Å². The number of nitrogens with zero attached hydrogens (tertiary/aromatic N) is 4. The predicted octanol–water partition coefficient (Wildman–Crippen LogP) is 2.02. The molecule has 0 fully saturated rings. The molecule has 0 aliphatic rings. The molecule has 4 N–H and O–H groups in total. The van der Waals surface area contributed by atoms with Gasteiger partial charge in [0.15, 0.2) is 0 Å². The van der Waals surface area contributed by atoms with E-state index >= 15 is 0 Å². The molecule has 9 heteroatoms. The molecule has 0 unspecified atom stereocenters. The average molecular weight is 412 g/mol. The van der Waals surface area contributed by atoms with E-state index in [1.165, 1.54) is 4.68 Å². The quantitative estimate of drug-likeness (QED) is 0.433. The van der Waals surface area contributed by atoms with E-state index in [4.69, 9.17) is 10.5 Å². The molecular formula is C21H29N7O2. The Morgan fingerprint density at radius 3 is 2.70 bits per heavy atom. The van der Waals surface area contributed by atoms with Gasteiger partial charge >= 0.3 is 0 Å². The first-order valence-electron chi connectivity index (χ1n) is 10.2. The first-order chi connectivity index (χ1) is 14.5. The van der Waals surface area contributed by atoms with Crippen molar-refractivity contribution < 1.29 is 4.74 Å². The van der Waals surface area contributed by atoms with Crippen molar-refractivity contribution in [3.05, 3.63) is 46.4 Å². The van der Waals surface area contributed by atoms with E-state index < -0.39 is 0 Å². The van der Waals surface area contributed by atoms with Crippen LogP contribution in [0.2, 0.25) is 0 Å². The largest absolute Gasteiger partial charge is 0.492 e. The van der Waals surface area contributed by atoms with Crippen LogP contribution in [-0.2, 0) is 6.54 Å². The van der Waals surface area contributed by atoms with Crippen molar-refractivity contribution in [2.75, 3.05) is 31.2 Å². The highest BCUT2D eigenvalue weighted by Crippen LogP contribution is 2.19. The Bertz CT molecular complexity index is 1030. The minimum Gasteiger partial charge on any atom is -0.492 e. The summed E-state index contributed by atoms with van der Waals surface area (Å²) >= 11 is 0. The molecule has 0 bridgehead atoms. The Balaban J connectivity index is 1.87. The van der Waals surface area contributed by atoms with E-state index in [1.54, 1.807) is 6.20 Å². The Hall–Kier alpha value is -3.20. The van der Waals surface area contributed by atoms with E-state index in [0.29, 0.717) is 29.9 Å². The molecule has 0 spiro atoms. The van der Waals surface area contributed by atoms with Crippen LogP contribution in [0.5, 0.6) is 5.75 Å². The Morgan fingerprint density at radius 2 is 2.00 bits per heavy atom. The van der Waals surface area contributed by atoms with Crippen LogP contribution in [0, 0.1) is 0 Å². The summed E-state index contributed by atoms with van der Waals surface area (Å²) in [6, 6.07) is 7.79. The molecule has 30 heavy (non-hydrogen) atoms. The summed E-state index contributed by atoms with van der Waals surface area (Å²) in [5.41, 5.74) is 6.95. The number of benzene rings is 1. The fourth-order valence-corrected chi connectivity index (χ4v) is 3.20. The minimum atomic E-state index is -0.256. The maximum atomic E-state index is 13.2. The summed E-state index contributed by atoms with van der Waals surface area (Å²) in [6.45, 7) is 5.86. The second-order valence-corrected chi connectivity index (χ2v) is 7.23. The fourth-order valence-electron chi connectivity index (χ4n) is 3.20. The van der Waals surface area contributed by atoms with Gasteiger partial charge < -0.3 is 21.1 Å². The van der Waals surface area contributed by atoms with Gasteiger partial charge in [0.25, 0.3) is 5.56 Å². The van der Waals surface area contributed by atoms with Gasteiger partial charge in [-0.3, -0.25) is 4.79 Å². The second-order valence-electron chi connectivity index (χ2n) is 7.23. The molecule has 160 valence electrons. The molecule has 2 heterocycles. The van der Waals surface area contributed by atoms with Crippen molar-refractivity contribution >= 4 is 22.7 Å². The van der Waals surface area contributed by atoms with Gasteiger partial charge in [-0.1, -0.05) is 25.5 Å². The van der Waals surface area contributed by atoms with Gasteiger partial charge in [-0.2, -0.15) is 10.1 Å². The molecule has 0 radical (unpaired) electrons. The lowest BCUT2D eigenvalue weighted by Gasteiger charge is -2.15. The van der Waals surface area contributed by atoms with E-state index in [9.17, 15) is 4.79 Å². The van der Waals surface area contributed by atoms with E-state index in [1.807, 2.05) is 38.2 Å². The van der Waals surface area contributed by atoms with Crippen molar-refractivity contribution in [3.63, 3.8) is 0 Å². The van der Waals surface area contributed by atoms with E-state index in [2.05, 4.69) is 32.6 Å². The monoisotopic (exact) mass is 411 g/mol. The van der Waals surface area contributed by atoms with Crippen molar-refractivity contribution in [1.29, 1.82) is 0 Å². The van der Waals surface area contributed by atoms with Crippen molar-refractivity contribution in [1.82, 2.24) is 25.1 Å². The number of aromatic nitrogens is 4. The number of likely N-dealkylation sites (N-methyl/N-ethyl adjacent to an activating group) is 1. The molecule has 0 saturated carbocycles. The highest BCUT2D eigenvalue weighted by Gasteiger charge is 2.15. The van der Waals surface area contributed by atoms with Gasteiger partial charge in [-0.15, -0.1) is 0 Å². The molecule has 9 nitrogen and oxygen atoms in total. The van der Waals surface area contributed by atoms with Gasteiger partial charge in [0, 0.05) is 12.6 Å². The summed E-state index contributed by atoms with van der Waals surface area (Å²) in [5.74, 6) is 1.35. The maximum Gasteiger partial charge on any atom is 0.280 e. The van der Waals surface area contributed by atoms with Gasteiger partial charge in [-0.05, 0) is 38.1 Å². The highest BCUT2D eigenvalue weighted by atomic mass is 16.5. The topological polar surface area (TPSA) is 120 Å². The third-order valence-electron chi connectivity index (χ3n) is 4.70. The average Bonchev–Trinajstić information content (AvgIpc) is 2.71. The van der Waals surface area contributed by atoms with Gasteiger partial charge in [-0.25, -0.2) is 9.67 Å². The molecule has 2 aromatic heterocycles. The molecule has 3 aromatic rings. The number of ether oxygens (including phenoxy) is 1. The zero-order chi connectivity index (χ0) is 21.5. The lowest BCUT2D eigenvalue weighted by atomic mass is 10.2. The van der Waals surface area contributed by atoms with Gasteiger partial charge in [0.1, 0.15) is 29.1 Å². The van der Waals surface area contributed by atoms with Crippen molar-refractivity contribution in [3.8, 4) is 5.75 Å². The van der Waals surface area contributed by atoms with Crippen molar-refractivity contribution in [2.45, 2.75) is 39.3 Å². The lowest BCUT2D eigenvalue weighted by Crippen LogP contribution is -2.26. The van der Waals surface area contributed by atoms with Crippen LogP contribution in [0.25, 0.3) is 10.9 Å². The molecule has 0 saturated heterocycles. The number of nitrogens with one attached hydrogen (secondary N) is 2. The van der Waals surface area contributed by atoms with Crippen LogP contribution >= 0.6 is 0 Å².